The largest absolute Gasteiger partial charge is 0.480 e. The van der Waals surface area contributed by atoms with Crippen LogP contribution in [0.3, 0.4) is 0 Å². The molecule has 0 aliphatic carbocycles. The number of amides is 4. The van der Waals surface area contributed by atoms with Crippen molar-refractivity contribution in [3.05, 3.63) is 36.0 Å². The van der Waals surface area contributed by atoms with Gasteiger partial charge in [-0.3, -0.25) is 19.2 Å². The van der Waals surface area contributed by atoms with Gasteiger partial charge < -0.3 is 43.2 Å². The van der Waals surface area contributed by atoms with Gasteiger partial charge in [0.25, 0.3) is 0 Å². The molecule has 4 unspecified atom stereocenters. The molecule has 0 aliphatic heterocycles. The Hall–Kier alpha value is -3.97. The minimum absolute atomic E-state index is 0.0744. The van der Waals surface area contributed by atoms with Gasteiger partial charge in [-0.25, -0.2) is 4.79 Å². The third kappa shape index (κ3) is 9.65. The second kappa shape index (κ2) is 15.6. The molecule has 0 fully saturated rings. The van der Waals surface area contributed by atoms with E-state index in [2.05, 4.69) is 20.9 Å². The van der Waals surface area contributed by atoms with Crippen LogP contribution in [-0.2, 0) is 30.4 Å². The molecule has 4 atom stereocenters. The zero-order chi connectivity index (χ0) is 29.8. The van der Waals surface area contributed by atoms with Gasteiger partial charge in [-0.05, 0) is 43.4 Å². The first-order chi connectivity index (χ1) is 18.9. The summed E-state index contributed by atoms with van der Waals surface area (Å²) in [7, 11) is 0. The molecular weight excluding hydrogens is 518 g/mol. The van der Waals surface area contributed by atoms with Gasteiger partial charge in [0.2, 0.25) is 23.6 Å². The molecule has 0 bridgehead atoms. The molecule has 11 N–H and O–H groups in total. The van der Waals surface area contributed by atoms with Crippen molar-refractivity contribution in [2.24, 2.45) is 23.1 Å². The van der Waals surface area contributed by atoms with Crippen LogP contribution in [0.1, 0.15) is 51.5 Å². The topological polar surface area (TPSA) is 236 Å². The molecule has 40 heavy (non-hydrogen) atoms. The lowest BCUT2D eigenvalue weighted by Crippen LogP contribution is -2.58. The van der Waals surface area contributed by atoms with E-state index in [0.717, 1.165) is 16.5 Å². The number of aliphatic carboxylic acids is 1. The lowest BCUT2D eigenvalue weighted by Gasteiger charge is -2.26. The average molecular weight is 560 g/mol. The number of unbranched alkanes of at least 4 members (excludes halogenated alkanes) is 1. The minimum Gasteiger partial charge on any atom is -0.480 e. The highest BCUT2D eigenvalue weighted by Gasteiger charge is 2.32. The molecule has 2 rings (SSSR count). The highest BCUT2D eigenvalue weighted by Crippen LogP contribution is 2.19. The van der Waals surface area contributed by atoms with Crippen LogP contribution in [0.5, 0.6) is 0 Å². The average Bonchev–Trinajstić information content (AvgIpc) is 3.31. The molecular formula is C27H41N7O6. The fourth-order valence-corrected chi connectivity index (χ4v) is 4.24. The van der Waals surface area contributed by atoms with E-state index in [0.29, 0.717) is 25.8 Å². The highest BCUT2D eigenvalue weighted by atomic mass is 16.4. The number of para-hydroxylation sites is 1. The number of nitrogens with one attached hydrogen (secondary N) is 4. The van der Waals surface area contributed by atoms with E-state index in [9.17, 15) is 29.1 Å². The smallest absolute Gasteiger partial charge is 0.326 e. The predicted molar refractivity (Wildman–Crippen MR) is 150 cm³/mol. The number of carboxylic acids is 1. The summed E-state index contributed by atoms with van der Waals surface area (Å²) in [5.74, 6) is -4.40. The third-order valence-corrected chi connectivity index (χ3v) is 6.58. The summed E-state index contributed by atoms with van der Waals surface area (Å²) in [6.45, 7) is 3.72. The first-order valence-electron chi connectivity index (χ1n) is 13.4. The maximum absolute atomic E-state index is 13.5. The summed E-state index contributed by atoms with van der Waals surface area (Å²) < 4.78 is 0. The summed E-state index contributed by atoms with van der Waals surface area (Å²) in [5, 5.41) is 18.0. The lowest BCUT2D eigenvalue weighted by atomic mass is 10.0. The Labute approximate surface area is 233 Å². The van der Waals surface area contributed by atoms with E-state index in [1.165, 1.54) is 0 Å². The molecule has 4 amide bonds. The molecule has 13 nitrogen and oxygen atoms in total. The lowest BCUT2D eigenvalue weighted by molar-refractivity contribution is -0.143. The number of carboxylic acid groups (broad SMARTS) is 1. The number of benzene rings is 1. The predicted octanol–water partition coefficient (Wildman–Crippen LogP) is -0.373. The molecule has 0 aliphatic rings. The number of hydrogen-bond acceptors (Lipinski definition) is 7. The highest BCUT2D eigenvalue weighted by molar-refractivity contribution is 5.95. The van der Waals surface area contributed by atoms with Gasteiger partial charge in [0.05, 0.1) is 6.04 Å². The SMILES string of the molecule is CC(C)C(NC(=O)C(CCC(N)=O)NC(=O)C(Cc1c[nH]c2ccccc12)NC(=O)C(N)CCCCN)C(=O)O. The van der Waals surface area contributed by atoms with E-state index >= 15 is 0 Å². The standard InChI is InChI=1S/C27H41N7O6/c1-15(2)23(27(39)40)34-25(37)20(10-11-22(30)35)32-26(38)21(33-24(36)18(29)8-5-6-12-28)13-16-14-31-19-9-4-3-7-17(16)19/h3-4,7,9,14-15,18,20-21,23,31H,5-6,8,10-13,28-29H2,1-2H3,(H2,30,35)(H,32,38)(H,33,36)(H,34,37)(H,39,40). The monoisotopic (exact) mass is 559 g/mol. The molecule has 220 valence electrons. The van der Waals surface area contributed by atoms with Gasteiger partial charge in [-0.2, -0.15) is 0 Å². The molecule has 0 radical (unpaired) electrons. The fraction of sp³-hybridized carbons (Fsp3) is 0.519. The second-order valence-electron chi connectivity index (χ2n) is 10.2. The van der Waals surface area contributed by atoms with Crippen molar-refractivity contribution in [1.82, 2.24) is 20.9 Å². The fourth-order valence-electron chi connectivity index (χ4n) is 4.24. The van der Waals surface area contributed by atoms with Crippen molar-refractivity contribution in [2.75, 3.05) is 6.54 Å². The van der Waals surface area contributed by atoms with Crippen LogP contribution in [0.2, 0.25) is 0 Å². The Morgan fingerprint density at radius 2 is 1.57 bits per heavy atom. The van der Waals surface area contributed by atoms with Crippen LogP contribution in [0.15, 0.2) is 30.5 Å². The Morgan fingerprint density at radius 3 is 2.20 bits per heavy atom. The van der Waals surface area contributed by atoms with Crippen molar-refractivity contribution in [2.45, 2.75) is 76.5 Å². The van der Waals surface area contributed by atoms with E-state index in [1.807, 2.05) is 24.3 Å². The summed E-state index contributed by atoms with van der Waals surface area (Å²) >= 11 is 0. The van der Waals surface area contributed by atoms with Crippen LogP contribution in [0.4, 0.5) is 0 Å². The normalized spacial score (nSPS) is 14.2. The molecule has 0 saturated heterocycles. The summed E-state index contributed by atoms with van der Waals surface area (Å²) in [6.07, 6.45) is 3.12. The van der Waals surface area contributed by atoms with E-state index in [4.69, 9.17) is 17.2 Å². The molecule has 1 heterocycles. The van der Waals surface area contributed by atoms with Crippen molar-refractivity contribution >= 4 is 40.5 Å². The van der Waals surface area contributed by atoms with Crippen LogP contribution >= 0.6 is 0 Å². The summed E-state index contributed by atoms with van der Waals surface area (Å²) in [5.41, 5.74) is 18.4. The zero-order valence-electron chi connectivity index (χ0n) is 22.9. The van der Waals surface area contributed by atoms with E-state index < -0.39 is 59.7 Å². The van der Waals surface area contributed by atoms with Crippen molar-refractivity contribution in [3.63, 3.8) is 0 Å². The molecule has 0 spiro atoms. The number of primary amides is 1. The second-order valence-corrected chi connectivity index (χ2v) is 10.2. The first kappa shape index (κ1) is 32.2. The van der Waals surface area contributed by atoms with Gasteiger partial charge in [0.1, 0.15) is 18.1 Å². The summed E-state index contributed by atoms with van der Waals surface area (Å²) in [4.78, 5) is 65.7. The minimum atomic E-state index is -1.28. The maximum atomic E-state index is 13.5. The Balaban J connectivity index is 2.30. The Morgan fingerprint density at radius 1 is 0.925 bits per heavy atom. The number of hydrogen-bond donors (Lipinski definition) is 8. The number of carbonyl (C=O) groups excluding carboxylic acids is 4. The van der Waals surface area contributed by atoms with Crippen LogP contribution < -0.4 is 33.2 Å². The molecule has 0 saturated carbocycles. The van der Waals surface area contributed by atoms with Gasteiger partial charge in [0, 0.05) is 29.9 Å². The van der Waals surface area contributed by atoms with Crippen molar-refractivity contribution < 1.29 is 29.1 Å². The Kier molecular flexibility index (Phi) is 12.6. The number of aromatic amines is 1. The first-order valence-corrected chi connectivity index (χ1v) is 13.4. The van der Waals surface area contributed by atoms with E-state index in [-0.39, 0.29) is 19.3 Å². The molecule has 13 heteroatoms. The maximum Gasteiger partial charge on any atom is 0.326 e. The van der Waals surface area contributed by atoms with Gasteiger partial charge in [0.15, 0.2) is 0 Å². The van der Waals surface area contributed by atoms with E-state index in [1.54, 1.807) is 20.0 Å². The number of fused-ring (bicyclic) bond motifs is 1. The van der Waals surface area contributed by atoms with Crippen LogP contribution in [0, 0.1) is 5.92 Å². The zero-order valence-corrected chi connectivity index (χ0v) is 22.9. The number of nitrogens with two attached hydrogens (primary N) is 3. The van der Waals surface area contributed by atoms with Crippen LogP contribution in [-0.4, -0.2) is 70.4 Å². The van der Waals surface area contributed by atoms with Crippen molar-refractivity contribution in [3.8, 4) is 0 Å². The Bertz CT molecular complexity index is 1180. The number of aromatic nitrogens is 1. The third-order valence-electron chi connectivity index (χ3n) is 6.58. The molecule has 1 aromatic carbocycles. The number of carbonyl (C=O) groups is 5. The number of rotatable bonds is 17. The van der Waals surface area contributed by atoms with Crippen molar-refractivity contribution in [1.29, 1.82) is 0 Å². The van der Waals surface area contributed by atoms with Gasteiger partial charge in [-0.1, -0.05) is 38.5 Å². The summed E-state index contributed by atoms with van der Waals surface area (Å²) in [6, 6.07) is 2.96. The number of H-pyrrole nitrogens is 1. The quantitative estimate of drug-likeness (QED) is 0.119. The molecule has 1 aromatic heterocycles. The van der Waals surface area contributed by atoms with Gasteiger partial charge >= 0.3 is 5.97 Å². The van der Waals surface area contributed by atoms with Crippen LogP contribution in [0.25, 0.3) is 10.9 Å². The molecule has 2 aromatic rings. The van der Waals surface area contributed by atoms with Gasteiger partial charge in [-0.15, -0.1) is 0 Å².